The molecule has 33 heavy (non-hydrogen) atoms. The number of pyridine rings is 1. The summed E-state index contributed by atoms with van der Waals surface area (Å²) >= 11 is 0. The first-order chi connectivity index (χ1) is 16.1. The zero-order chi connectivity index (χ0) is 22.8. The molecular weight excluding hydrogens is 412 g/mol. The third kappa shape index (κ3) is 4.71. The van der Waals surface area contributed by atoms with Gasteiger partial charge in [-0.05, 0) is 43.0 Å². The van der Waals surface area contributed by atoms with Gasteiger partial charge in [-0.3, -0.25) is 9.67 Å². The number of fused-ring (bicyclic) bond motifs is 1. The summed E-state index contributed by atoms with van der Waals surface area (Å²) in [5.41, 5.74) is 4.37. The van der Waals surface area contributed by atoms with Crippen LogP contribution in [0.3, 0.4) is 0 Å². The number of hydrogen-bond donors (Lipinski definition) is 0. The molecule has 5 rings (SSSR count). The first-order valence-corrected chi connectivity index (χ1v) is 11.5. The smallest absolute Gasteiger partial charge is 0.126 e. The maximum atomic E-state index is 6.25. The topological polar surface area (TPSA) is 52.4 Å². The van der Waals surface area contributed by atoms with Gasteiger partial charge in [0.15, 0.2) is 0 Å². The molecule has 0 radical (unpaired) electrons. The quantitative estimate of drug-likeness (QED) is 0.433. The van der Waals surface area contributed by atoms with E-state index in [1.54, 1.807) is 7.11 Å². The van der Waals surface area contributed by atoms with Crippen LogP contribution in [-0.2, 0) is 13.5 Å². The molecule has 6 nitrogen and oxygen atoms in total. The molecule has 0 N–H and O–H groups in total. The minimum Gasteiger partial charge on any atom is -0.496 e. The minimum absolute atomic E-state index is 0.268. The lowest BCUT2D eigenvalue weighted by atomic mass is 9.99. The normalized spacial score (nSPS) is 15.1. The lowest BCUT2D eigenvalue weighted by Crippen LogP contribution is -2.35. The first kappa shape index (κ1) is 21.5. The molecule has 1 aliphatic heterocycles. The van der Waals surface area contributed by atoms with E-state index >= 15 is 0 Å². The Morgan fingerprint density at radius 2 is 1.88 bits per heavy atom. The van der Waals surface area contributed by atoms with Crippen LogP contribution in [0.2, 0.25) is 0 Å². The van der Waals surface area contributed by atoms with Gasteiger partial charge in [0.1, 0.15) is 17.6 Å². The zero-order valence-corrected chi connectivity index (χ0v) is 19.5. The highest BCUT2D eigenvalue weighted by atomic mass is 16.5. The largest absolute Gasteiger partial charge is 0.496 e. The Morgan fingerprint density at radius 3 is 2.64 bits per heavy atom. The number of piperidine rings is 1. The highest BCUT2D eigenvalue weighted by Crippen LogP contribution is 2.31. The predicted molar refractivity (Wildman–Crippen MR) is 131 cm³/mol. The van der Waals surface area contributed by atoms with Crippen molar-refractivity contribution in [2.24, 2.45) is 7.05 Å². The number of aromatic nitrogens is 3. The molecule has 0 saturated carbocycles. The summed E-state index contributed by atoms with van der Waals surface area (Å²) in [7, 11) is 5.81. The van der Waals surface area contributed by atoms with E-state index in [1.807, 2.05) is 36.4 Å². The van der Waals surface area contributed by atoms with Crippen LogP contribution in [0.4, 0.5) is 0 Å². The molecule has 2 aromatic carbocycles. The fourth-order valence-electron chi connectivity index (χ4n) is 4.56. The van der Waals surface area contributed by atoms with Gasteiger partial charge in [-0.2, -0.15) is 5.10 Å². The van der Waals surface area contributed by atoms with Gasteiger partial charge in [0.05, 0.1) is 13.3 Å². The Morgan fingerprint density at radius 1 is 1.03 bits per heavy atom. The molecule has 3 heterocycles. The Labute approximate surface area is 194 Å². The monoisotopic (exact) mass is 442 g/mol. The average molecular weight is 443 g/mol. The van der Waals surface area contributed by atoms with E-state index in [0.717, 1.165) is 65.2 Å². The maximum Gasteiger partial charge on any atom is 0.126 e. The van der Waals surface area contributed by atoms with Crippen molar-refractivity contribution in [3.05, 3.63) is 72.3 Å². The molecule has 1 saturated heterocycles. The van der Waals surface area contributed by atoms with Crippen LogP contribution in [-0.4, -0.2) is 53.0 Å². The van der Waals surface area contributed by atoms with Gasteiger partial charge < -0.3 is 14.4 Å². The highest BCUT2D eigenvalue weighted by Gasteiger charge is 2.19. The van der Waals surface area contributed by atoms with Crippen molar-refractivity contribution in [1.82, 2.24) is 19.7 Å². The van der Waals surface area contributed by atoms with Gasteiger partial charge in [-0.15, -0.1) is 0 Å². The number of likely N-dealkylation sites (tertiary alicyclic amines) is 1. The second kappa shape index (κ2) is 9.24. The fourth-order valence-corrected chi connectivity index (χ4v) is 4.56. The molecule has 0 atom stereocenters. The number of aryl methyl sites for hydroxylation is 1. The Kier molecular flexibility index (Phi) is 6.01. The Balaban J connectivity index is 1.39. The number of rotatable bonds is 6. The second-order valence-corrected chi connectivity index (χ2v) is 8.88. The lowest BCUT2D eigenvalue weighted by molar-refractivity contribution is 0.114. The van der Waals surface area contributed by atoms with E-state index in [2.05, 4.69) is 53.4 Å². The molecule has 0 aliphatic carbocycles. The SMILES string of the molecule is COc1cc(OC2CCN(C)CC2)ccc1Cc1cc2c(-c3cnn(C)c3)cccc2cn1. The molecule has 0 unspecified atom stereocenters. The summed E-state index contributed by atoms with van der Waals surface area (Å²) in [6.45, 7) is 2.16. The van der Waals surface area contributed by atoms with Gasteiger partial charge >= 0.3 is 0 Å². The summed E-state index contributed by atoms with van der Waals surface area (Å²) in [6.07, 6.45) is 8.97. The molecule has 0 spiro atoms. The van der Waals surface area contributed by atoms with Crippen molar-refractivity contribution in [2.45, 2.75) is 25.4 Å². The molecule has 1 aliphatic rings. The van der Waals surface area contributed by atoms with E-state index in [9.17, 15) is 0 Å². The number of benzene rings is 2. The zero-order valence-electron chi connectivity index (χ0n) is 19.5. The van der Waals surface area contributed by atoms with Crippen LogP contribution in [0.15, 0.2) is 61.1 Å². The third-order valence-electron chi connectivity index (χ3n) is 6.43. The standard InChI is InChI=1S/C27H30N4O2/c1-30-11-9-23(10-12-30)33-24-8-7-19(27(15-24)32-3)13-22-14-26-20(16-28-22)5-4-6-25(26)21-17-29-31(2)18-21/h4-8,14-18,23H,9-13H2,1-3H3. The maximum absolute atomic E-state index is 6.25. The number of nitrogens with zero attached hydrogens (tertiary/aromatic N) is 4. The second-order valence-electron chi connectivity index (χ2n) is 8.88. The molecule has 1 fully saturated rings. The van der Waals surface area contributed by atoms with Crippen molar-refractivity contribution in [3.8, 4) is 22.6 Å². The van der Waals surface area contributed by atoms with Crippen LogP contribution in [0.1, 0.15) is 24.1 Å². The van der Waals surface area contributed by atoms with Crippen LogP contribution < -0.4 is 9.47 Å². The Hall–Kier alpha value is -3.38. The van der Waals surface area contributed by atoms with E-state index < -0.39 is 0 Å². The van der Waals surface area contributed by atoms with Crippen LogP contribution in [0, 0.1) is 0 Å². The van der Waals surface area contributed by atoms with Crippen molar-refractivity contribution >= 4 is 10.8 Å². The highest BCUT2D eigenvalue weighted by molar-refractivity contribution is 5.96. The van der Waals surface area contributed by atoms with Gasteiger partial charge in [-0.25, -0.2) is 0 Å². The Bertz CT molecular complexity index is 1260. The summed E-state index contributed by atoms with van der Waals surface area (Å²) < 4.78 is 13.8. The molecule has 6 heteroatoms. The summed E-state index contributed by atoms with van der Waals surface area (Å²) in [5, 5.41) is 6.63. The predicted octanol–water partition coefficient (Wildman–Crippen LogP) is 4.71. The van der Waals surface area contributed by atoms with E-state index in [0.29, 0.717) is 6.42 Å². The van der Waals surface area contributed by atoms with Crippen LogP contribution in [0.25, 0.3) is 21.9 Å². The van der Waals surface area contributed by atoms with Gasteiger partial charge in [0, 0.05) is 67.2 Å². The first-order valence-electron chi connectivity index (χ1n) is 11.5. The summed E-state index contributed by atoms with van der Waals surface area (Å²) in [5.74, 6) is 1.71. The van der Waals surface area contributed by atoms with Gasteiger partial charge in [0.25, 0.3) is 0 Å². The fraction of sp³-hybridized carbons (Fsp3) is 0.333. The van der Waals surface area contributed by atoms with Gasteiger partial charge in [0.2, 0.25) is 0 Å². The van der Waals surface area contributed by atoms with Crippen molar-refractivity contribution in [2.75, 3.05) is 27.2 Å². The molecule has 170 valence electrons. The van der Waals surface area contributed by atoms with Gasteiger partial charge in [-0.1, -0.05) is 24.3 Å². The number of methoxy groups -OCH3 is 1. The van der Waals surface area contributed by atoms with E-state index in [1.165, 1.54) is 5.39 Å². The molecule has 0 bridgehead atoms. The molecular formula is C27H30N4O2. The summed E-state index contributed by atoms with van der Waals surface area (Å²) in [6, 6.07) is 14.6. The average Bonchev–Trinajstić information content (AvgIpc) is 3.27. The van der Waals surface area contributed by atoms with Crippen molar-refractivity contribution in [1.29, 1.82) is 0 Å². The molecule has 0 amide bonds. The lowest BCUT2D eigenvalue weighted by Gasteiger charge is -2.29. The number of hydrogen-bond acceptors (Lipinski definition) is 5. The van der Waals surface area contributed by atoms with E-state index in [-0.39, 0.29) is 6.10 Å². The molecule has 4 aromatic rings. The number of ether oxygens (including phenoxy) is 2. The summed E-state index contributed by atoms with van der Waals surface area (Å²) in [4.78, 5) is 7.08. The molecule has 2 aromatic heterocycles. The van der Waals surface area contributed by atoms with Crippen LogP contribution in [0.5, 0.6) is 11.5 Å². The van der Waals surface area contributed by atoms with Crippen molar-refractivity contribution in [3.63, 3.8) is 0 Å². The van der Waals surface area contributed by atoms with Crippen molar-refractivity contribution < 1.29 is 9.47 Å². The van der Waals surface area contributed by atoms with Crippen LogP contribution >= 0.6 is 0 Å². The minimum atomic E-state index is 0.268. The third-order valence-corrected chi connectivity index (χ3v) is 6.43. The van der Waals surface area contributed by atoms with E-state index in [4.69, 9.17) is 14.5 Å².